The normalized spacial score (nSPS) is 14.9. The summed E-state index contributed by atoms with van der Waals surface area (Å²) in [7, 11) is 2.12. The summed E-state index contributed by atoms with van der Waals surface area (Å²) < 4.78 is 5.60. The van der Waals surface area contributed by atoms with E-state index in [4.69, 9.17) is 15.5 Å². The van der Waals surface area contributed by atoms with Crippen molar-refractivity contribution in [3.63, 3.8) is 0 Å². The number of carbonyl (C=O) groups excluding carboxylic acids is 1. The maximum absolute atomic E-state index is 11.8. The van der Waals surface area contributed by atoms with Crippen LogP contribution in [0.5, 0.6) is 5.75 Å². The predicted molar refractivity (Wildman–Crippen MR) is 110 cm³/mol. The van der Waals surface area contributed by atoms with Crippen molar-refractivity contribution in [2.24, 2.45) is 0 Å². The number of rotatable bonds is 6. The van der Waals surface area contributed by atoms with E-state index in [0.29, 0.717) is 17.4 Å². The predicted octanol–water partition coefficient (Wildman–Crippen LogP) is 1.38. The number of piperazine rings is 1. The van der Waals surface area contributed by atoms with E-state index < -0.39 is 0 Å². The van der Waals surface area contributed by atoms with E-state index in [1.54, 1.807) is 6.07 Å². The average Bonchev–Trinajstić information content (AvgIpc) is 2.66. The van der Waals surface area contributed by atoms with Crippen LogP contribution in [-0.4, -0.2) is 66.7 Å². The monoisotopic (exact) mass is 384 g/mol. The molecule has 1 saturated heterocycles. The molecule has 8 heteroatoms. The van der Waals surface area contributed by atoms with Gasteiger partial charge in [-0.05, 0) is 33.0 Å². The highest BCUT2D eigenvalue weighted by atomic mass is 16.5. The number of amides is 1. The molecule has 150 valence electrons. The van der Waals surface area contributed by atoms with Gasteiger partial charge < -0.3 is 25.6 Å². The average molecular weight is 384 g/mol. The van der Waals surface area contributed by atoms with Crippen LogP contribution >= 0.6 is 0 Å². The van der Waals surface area contributed by atoms with Crippen molar-refractivity contribution in [3.05, 3.63) is 30.3 Å². The van der Waals surface area contributed by atoms with Crippen LogP contribution in [0.4, 0.5) is 11.6 Å². The highest BCUT2D eigenvalue weighted by Crippen LogP contribution is 2.25. The van der Waals surface area contributed by atoms with E-state index in [-0.39, 0.29) is 18.6 Å². The van der Waals surface area contributed by atoms with Gasteiger partial charge in [0.2, 0.25) is 0 Å². The van der Waals surface area contributed by atoms with Crippen molar-refractivity contribution in [1.82, 2.24) is 20.2 Å². The molecule has 1 aliphatic rings. The first-order valence-electron chi connectivity index (χ1n) is 9.51. The number of ether oxygens (including phenoxy) is 1. The summed E-state index contributed by atoms with van der Waals surface area (Å²) in [4.78, 5) is 25.4. The summed E-state index contributed by atoms with van der Waals surface area (Å²) in [6.45, 7) is 7.57. The summed E-state index contributed by atoms with van der Waals surface area (Å²) in [5, 5.41) is 2.80. The molecule has 1 amide bonds. The van der Waals surface area contributed by atoms with E-state index in [1.807, 2.05) is 38.1 Å². The summed E-state index contributed by atoms with van der Waals surface area (Å²) in [5.41, 5.74) is 6.84. The molecule has 1 aromatic carbocycles. The van der Waals surface area contributed by atoms with Gasteiger partial charge in [0.25, 0.3) is 5.91 Å². The van der Waals surface area contributed by atoms with Gasteiger partial charge in [-0.2, -0.15) is 0 Å². The second kappa shape index (κ2) is 8.88. The van der Waals surface area contributed by atoms with Crippen molar-refractivity contribution in [2.45, 2.75) is 19.9 Å². The number of nitrogens with one attached hydrogen (secondary N) is 1. The summed E-state index contributed by atoms with van der Waals surface area (Å²) in [6.07, 6.45) is 0. The second-order valence-corrected chi connectivity index (χ2v) is 7.30. The smallest absolute Gasteiger partial charge is 0.258 e. The van der Waals surface area contributed by atoms with Gasteiger partial charge in [0.1, 0.15) is 17.4 Å². The molecular formula is C20H28N6O2. The summed E-state index contributed by atoms with van der Waals surface area (Å²) in [5.74, 6) is 2.24. The molecule has 0 saturated carbocycles. The Balaban J connectivity index is 1.75. The van der Waals surface area contributed by atoms with Crippen molar-refractivity contribution < 1.29 is 9.53 Å². The molecule has 0 aliphatic carbocycles. The largest absolute Gasteiger partial charge is 0.484 e. The van der Waals surface area contributed by atoms with Crippen LogP contribution in [0.2, 0.25) is 0 Å². The molecule has 0 spiro atoms. The molecule has 3 N–H and O–H groups in total. The third-order valence-corrected chi connectivity index (χ3v) is 4.47. The molecule has 2 aromatic rings. The SMILES string of the molecule is CC(C)NC(=O)COc1cccc(-c2nc(N)cc(N3CCN(C)CC3)n2)c1. The fraction of sp³-hybridized carbons (Fsp3) is 0.450. The van der Waals surface area contributed by atoms with Crippen LogP contribution in [0.25, 0.3) is 11.4 Å². The lowest BCUT2D eigenvalue weighted by atomic mass is 10.2. The Hall–Kier alpha value is -2.87. The minimum absolute atomic E-state index is 0.0357. The topological polar surface area (TPSA) is 96.6 Å². The third kappa shape index (κ3) is 5.32. The number of hydrogen-bond acceptors (Lipinski definition) is 7. The molecule has 1 aromatic heterocycles. The van der Waals surface area contributed by atoms with E-state index >= 15 is 0 Å². The Morgan fingerprint density at radius 3 is 2.68 bits per heavy atom. The van der Waals surface area contributed by atoms with Gasteiger partial charge in [0.15, 0.2) is 12.4 Å². The third-order valence-electron chi connectivity index (χ3n) is 4.47. The van der Waals surface area contributed by atoms with Crippen molar-refractivity contribution in [1.29, 1.82) is 0 Å². The van der Waals surface area contributed by atoms with Gasteiger partial charge in [0, 0.05) is 43.9 Å². The van der Waals surface area contributed by atoms with E-state index in [2.05, 4.69) is 27.1 Å². The number of aromatic nitrogens is 2. The molecule has 0 radical (unpaired) electrons. The first-order valence-corrected chi connectivity index (χ1v) is 9.51. The lowest BCUT2D eigenvalue weighted by Gasteiger charge is -2.33. The van der Waals surface area contributed by atoms with Gasteiger partial charge in [-0.15, -0.1) is 0 Å². The zero-order valence-electron chi connectivity index (χ0n) is 16.7. The van der Waals surface area contributed by atoms with E-state index in [1.165, 1.54) is 0 Å². The van der Waals surface area contributed by atoms with Crippen LogP contribution in [0.15, 0.2) is 30.3 Å². The maximum Gasteiger partial charge on any atom is 0.258 e. The van der Waals surface area contributed by atoms with Crippen molar-refractivity contribution >= 4 is 17.5 Å². The fourth-order valence-corrected chi connectivity index (χ4v) is 3.02. The Morgan fingerprint density at radius 2 is 1.96 bits per heavy atom. The highest BCUT2D eigenvalue weighted by Gasteiger charge is 2.17. The lowest BCUT2D eigenvalue weighted by Crippen LogP contribution is -2.44. The number of likely N-dealkylation sites (N-methyl/N-ethyl adjacent to an activating group) is 1. The van der Waals surface area contributed by atoms with Gasteiger partial charge >= 0.3 is 0 Å². The number of hydrogen-bond donors (Lipinski definition) is 2. The van der Waals surface area contributed by atoms with Gasteiger partial charge in [-0.3, -0.25) is 4.79 Å². The fourth-order valence-electron chi connectivity index (χ4n) is 3.02. The minimum Gasteiger partial charge on any atom is -0.484 e. The van der Waals surface area contributed by atoms with Crippen molar-refractivity contribution in [3.8, 4) is 17.1 Å². The quantitative estimate of drug-likeness (QED) is 0.777. The number of benzene rings is 1. The first kappa shape index (κ1) is 19.9. The minimum atomic E-state index is -0.155. The molecule has 1 fully saturated rings. The Kier molecular flexibility index (Phi) is 6.30. The molecular weight excluding hydrogens is 356 g/mol. The zero-order valence-corrected chi connectivity index (χ0v) is 16.7. The molecule has 0 unspecified atom stereocenters. The zero-order chi connectivity index (χ0) is 20.1. The van der Waals surface area contributed by atoms with Gasteiger partial charge in [-0.25, -0.2) is 9.97 Å². The van der Waals surface area contributed by atoms with Crippen LogP contribution in [0.3, 0.4) is 0 Å². The Morgan fingerprint density at radius 1 is 1.21 bits per heavy atom. The maximum atomic E-state index is 11.8. The molecule has 8 nitrogen and oxygen atoms in total. The molecule has 28 heavy (non-hydrogen) atoms. The van der Waals surface area contributed by atoms with Crippen LogP contribution in [0.1, 0.15) is 13.8 Å². The summed E-state index contributed by atoms with van der Waals surface area (Å²) in [6, 6.07) is 9.28. The second-order valence-electron chi connectivity index (χ2n) is 7.30. The van der Waals surface area contributed by atoms with E-state index in [0.717, 1.165) is 37.6 Å². The molecule has 3 rings (SSSR count). The Labute approximate surface area is 165 Å². The molecule has 0 atom stereocenters. The molecule has 1 aliphatic heterocycles. The van der Waals surface area contributed by atoms with Crippen LogP contribution < -0.4 is 20.7 Å². The summed E-state index contributed by atoms with van der Waals surface area (Å²) >= 11 is 0. The number of nitrogens with two attached hydrogens (primary N) is 1. The standard InChI is InChI=1S/C20H28N6O2/c1-14(2)22-19(27)13-28-16-6-4-5-15(11-16)20-23-17(21)12-18(24-20)26-9-7-25(3)8-10-26/h4-6,11-12,14H,7-10,13H2,1-3H3,(H,22,27)(H2,21,23,24). The number of nitrogen functional groups attached to an aromatic ring is 1. The van der Waals surface area contributed by atoms with E-state index in [9.17, 15) is 4.79 Å². The number of carbonyl (C=O) groups is 1. The molecule has 2 heterocycles. The van der Waals surface area contributed by atoms with Gasteiger partial charge in [-0.1, -0.05) is 12.1 Å². The number of anilines is 2. The molecule has 0 bridgehead atoms. The van der Waals surface area contributed by atoms with Gasteiger partial charge in [0.05, 0.1) is 0 Å². The van der Waals surface area contributed by atoms with Crippen molar-refractivity contribution in [2.75, 3.05) is 50.5 Å². The Bertz CT molecular complexity index is 818. The number of nitrogens with zero attached hydrogens (tertiary/aromatic N) is 4. The highest BCUT2D eigenvalue weighted by molar-refractivity contribution is 5.77. The lowest BCUT2D eigenvalue weighted by molar-refractivity contribution is -0.123. The van der Waals surface area contributed by atoms with Crippen LogP contribution in [0, 0.1) is 0 Å². The first-order chi connectivity index (χ1) is 13.4. The van der Waals surface area contributed by atoms with Crippen LogP contribution in [-0.2, 0) is 4.79 Å².